The average molecular weight is 1030 g/mol. The highest BCUT2D eigenvalue weighted by Gasteiger charge is 2.41. The quantitative estimate of drug-likeness (QED) is 0.125. The smallest absolute Gasteiger partial charge is 0.416 e. The number of hydrogen-bond donors (Lipinski definition) is 3. The summed E-state index contributed by atoms with van der Waals surface area (Å²) in [5.41, 5.74) is 3.02. The molecule has 14 nitrogen and oxygen atoms in total. The maximum Gasteiger partial charge on any atom is 0.416 e. The fourth-order valence-corrected chi connectivity index (χ4v) is 12.3. The lowest BCUT2D eigenvalue weighted by atomic mass is 9.65. The zero-order valence-corrected chi connectivity index (χ0v) is 43.4. The highest BCUT2D eigenvalue weighted by molar-refractivity contribution is 6.34. The van der Waals surface area contributed by atoms with Crippen LogP contribution in [-0.4, -0.2) is 114 Å². The average Bonchev–Trinajstić information content (AvgIpc) is 3.36. The molecule has 5 amide bonds. The maximum absolute atomic E-state index is 14.0. The number of aromatic nitrogens is 2. The number of urea groups is 1. The lowest BCUT2D eigenvalue weighted by Crippen LogP contribution is -2.52. The monoisotopic (exact) mass is 1030 g/mol. The molecule has 0 unspecified atom stereocenters. The number of piperazine rings is 1. The summed E-state index contributed by atoms with van der Waals surface area (Å²) in [6, 6.07) is 12.0. The number of benzene rings is 3. The molecule has 1 spiro atoms. The molecule has 2 aliphatic carbocycles. The fourth-order valence-electron chi connectivity index (χ4n) is 12.1. The number of carbonyl (C=O) groups excluding carboxylic acids is 4. The van der Waals surface area contributed by atoms with Crippen molar-refractivity contribution in [1.29, 1.82) is 0 Å². The number of imide groups is 1. The van der Waals surface area contributed by atoms with Gasteiger partial charge in [0.1, 0.15) is 17.4 Å². The summed E-state index contributed by atoms with van der Waals surface area (Å²) in [6.45, 7) is 13.3. The van der Waals surface area contributed by atoms with E-state index in [0.717, 1.165) is 107 Å². The number of halogens is 4. The van der Waals surface area contributed by atoms with Crippen molar-refractivity contribution in [1.82, 2.24) is 30.0 Å². The van der Waals surface area contributed by atoms with Crippen molar-refractivity contribution < 1.29 is 37.1 Å². The number of methoxy groups -OCH3 is 1. The standard InChI is InChI=1S/C55H69ClF3N9O5/c1-33(2)60-42-27-40(26-41(29-42)55(57,58)59)34(3)61-50-44-30-43(48(73-5)31-46(44)62-35(4)63-50)37-6-8-38(9-7-37)51(70)67-24-22-65(23-25-67)32-36-12-15-54(16-13-36)17-20-66(21-18-54)52(71)39-10-11-45(56)47(28-39)68-19-14-49(69)64-53(68)72/h10-11,26-31,33-34,36-38,60H,6-9,12-25,32H2,1-5H3,(H,61,62,63)(H,64,69,72)/t34-,37?,38?/m1/s1. The van der Waals surface area contributed by atoms with Crippen LogP contribution in [0.5, 0.6) is 5.75 Å². The number of piperidine rings is 1. The number of carbonyl (C=O) groups is 4. The summed E-state index contributed by atoms with van der Waals surface area (Å²) in [5.74, 6) is 2.38. The summed E-state index contributed by atoms with van der Waals surface area (Å²) in [4.78, 5) is 69.3. The van der Waals surface area contributed by atoms with Crippen LogP contribution in [-0.2, 0) is 15.8 Å². The van der Waals surface area contributed by atoms with E-state index in [1.807, 2.05) is 31.7 Å². The van der Waals surface area contributed by atoms with Crippen molar-refractivity contribution in [3.8, 4) is 5.75 Å². The summed E-state index contributed by atoms with van der Waals surface area (Å²) >= 11 is 6.45. The Balaban J connectivity index is 0.743. The van der Waals surface area contributed by atoms with E-state index in [2.05, 4.69) is 31.8 Å². The summed E-state index contributed by atoms with van der Waals surface area (Å²) in [5, 5.41) is 9.98. The number of ether oxygens (including phenoxy) is 1. The van der Waals surface area contributed by atoms with E-state index in [0.29, 0.717) is 63.7 Å². The summed E-state index contributed by atoms with van der Waals surface area (Å²) < 4.78 is 47.9. The Hall–Kier alpha value is -5.68. The Morgan fingerprint density at radius 2 is 1.56 bits per heavy atom. The van der Waals surface area contributed by atoms with Crippen LogP contribution in [0.1, 0.15) is 136 Å². The molecule has 0 radical (unpaired) electrons. The number of nitrogens with zero attached hydrogens (tertiary/aromatic N) is 6. The molecule has 4 heterocycles. The van der Waals surface area contributed by atoms with Crippen LogP contribution < -0.4 is 25.6 Å². The van der Waals surface area contributed by atoms with Gasteiger partial charge in [-0.1, -0.05) is 11.6 Å². The van der Waals surface area contributed by atoms with Crippen molar-refractivity contribution in [3.63, 3.8) is 0 Å². The number of amides is 5. The molecular weight excluding hydrogens is 959 g/mol. The van der Waals surface area contributed by atoms with E-state index in [1.165, 1.54) is 23.8 Å². The van der Waals surface area contributed by atoms with Gasteiger partial charge in [-0.05, 0) is 163 Å². The van der Waals surface area contributed by atoms with Gasteiger partial charge in [-0.25, -0.2) is 14.8 Å². The fraction of sp³-hybridized carbons (Fsp3) is 0.564. The Bertz CT molecular complexity index is 2700. The molecule has 2 saturated carbocycles. The molecule has 5 aliphatic rings. The first-order valence-electron chi connectivity index (χ1n) is 26.2. The molecule has 4 aromatic rings. The molecule has 1 atom stereocenters. The number of nitrogens with one attached hydrogen (secondary N) is 3. The lowest BCUT2D eigenvalue weighted by molar-refractivity contribution is -0.139. The normalized spacial score (nSPS) is 21.6. The predicted molar refractivity (Wildman–Crippen MR) is 277 cm³/mol. The molecule has 73 heavy (non-hydrogen) atoms. The maximum atomic E-state index is 14.0. The van der Waals surface area contributed by atoms with Crippen LogP contribution in [0.4, 0.5) is 35.2 Å². The molecular formula is C55H69ClF3N9O5. The number of rotatable bonds is 12. The van der Waals surface area contributed by atoms with Crippen LogP contribution in [0.3, 0.4) is 0 Å². The molecule has 1 aromatic heterocycles. The second-order valence-electron chi connectivity index (χ2n) is 21.6. The van der Waals surface area contributed by atoms with Crippen LogP contribution in [0.25, 0.3) is 10.9 Å². The van der Waals surface area contributed by atoms with Gasteiger partial charge in [0.2, 0.25) is 11.8 Å². The minimum Gasteiger partial charge on any atom is -0.496 e. The van der Waals surface area contributed by atoms with E-state index in [9.17, 15) is 32.3 Å². The Kier molecular flexibility index (Phi) is 15.5. The number of fused-ring (bicyclic) bond motifs is 1. The van der Waals surface area contributed by atoms with E-state index >= 15 is 0 Å². The van der Waals surface area contributed by atoms with Crippen LogP contribution in [0, 0.1) is 24.2 Å². The third kappa shape index (κ3) is 11.8. The van der Waals surface area contributed by atoms with Crippen LogP contribution in [0.2, 0.25) is 5.02 Å². The number of anilines is 3. The lowest BCUT2D eigenvalue weighted by Gasteiger charge is -2.47. The minimum absolute atomic E-state index is 0.0309. The molecule has 3 aliphatic heterocycles. The van der Waals surface area contributed by atoms with Gasteiger partial charge in [-0.2, -0.15) is 13.2 Å². The van der Waals surface area contributed by atoms with Gasteiger partial charge in [-0.3, -0.25) is 29.5 Å². The van der Waals surface area contributed by atoms with E-state index in [-0.39, 0.29) is 54.0 Å². The van der Waals surface area contributed by atoms with Gasteiger partial charge in [0, 0.05) is 93.4 Å². The van der Waals surface area contributed by atoms with E-state index in [1.54, 1.807) is 38.3 Å². The third-order valence-corrected chi connectivity index (χ3v) is 16.6. The molecule has 392 valence electrons. The van der Waals surface area contributed by atoms with E-state index in [4.69, 9.17) is 26.3 Å². The zero-order valence-electron chi connectivity index (χ0n) is 42.7. The molecule has 3 N–H and O–H groups in total. The van der Waals surface area contributed by atoms with Crippen molar-refractivity contribution >= 4 is 63.4 Å². The van der Waals surface area contributed by atoms with E-state index < -0.39 is 23.8 Å². The zero-order chi connectivity index (χ0) is 51.8. The summed E-state index contributed by atoms with van der Waals surface area (Å²) in [6.07, 6.45) is 5.47. The number of alkyl halides is 3. The summed E-state index contributed by atoms with van der Waals surface area (Å²) in [7, 11) is 1.65. The second-order valence-corrected chi connectivity index (χ2v) is 22.0. The third-order valence-electron chi connectivity index (χ3n) is 16.3. The SMILES string of the molecule is COc1cc2nc(C)nc(N[C@H](C)c3cc(NC(C)C)cc(C(F)(F)F)c3)c2cc1C1CCC(C(=O)N2CCN(CC3CCC4(CC3)CCN(C(=O)c3ccc(Cl)c(N5CCC(=O)NC5=O)c3)CC4)CC2)CC1. The first kappa shape index (κ1) is 52.2. The number of hydrogen-bond acceptors (Lipinski definition) is 10. The van der Waals surface area contributed by atoms with Gasteiger partial charge >= 0.3 is 12.2 Å². The van der Waals surface area contributed by atoms with Crippen LogP contribution >= 0.6 is 11.6 Å². The van der Waals surface area contributed by atoms with Crippen molar-refractivity contribution in [2.45, 2.75) is 123 Å². The van der Waals surface area contributed by atoms with Gasteiger partial charge in [0.15, 0.2) is 0 Å². The topological polar surface area (TPSA) is 152 Å². The van der Waals surface area contributed by atoms with Gasteiger partial charge in [-0.15, -0.1) is 0 Å². The van der Waals surface area contributed by atoms with Gasteiger partial charge < -0.3 is 25.2 Å². The Labute approximate surface area is 431 Å². The number of aryl methyl sites for hydroxylation is 1. The Morgan fingerprint density at radius 3 is 2.22 bits per heavy atom. The highest BCUT2D eigenvalue weighted by Crippen LogP contribution is 2.47. The number of likely N-dealkylation sites (tertiary alicyclic amines) is 1. The Morgan fingerprint density at radius 1 is 0.849 bits per heavy atom. The largest absolute Gasteiger partial charge is 0.496 e. The molecule has 3 aromatic carbocycles. The molecule has 18 heteroatoms. The molecule has 5 fully saturated rings. The van der Waals surface area contributed by atoms with Crippen molar-refractivity contribution in [2.75, 3.05) is 75.0 Å². The minimum atomic E-state index is -4.50. The van der Waals surface area contributed by atoms with Crippen LogP contribution in [0.15, 0.2) is 48.5 Å². The van der Waals surface area contributed by atoms with Crippen molar-refractivity contribution in [2.24, 2.45) is 17.3 Å². The second kappa shape index (κ2) is 21.7. The molecule has 3 saturated heterocycles. The predicted octanol–water partition coefficient (Wildman–Crippen LogP) is 10.6. The van der Waals surface area contributed by atoms with Crippen molar-refractivity contribution in [3.05, 3.63) is 81.6 Å². The molecule has 0 bridgehead atoms. The van der Waals surface area contributed by atoms with Gasteiger partial charge in [0.05, 0.1) is 34.9 Å². The van der Waals surface area contributed by atoms with Gasteiger partial charge in [0.25, 0.3) is 5.91 Å². The first-order chi connectivity index (χ1) is 34.8. The highest BCUT2D eigenvalue weighted by atomic mass is 35.5. The molecule has 9 rings (SSSR count). The first-order valence-corrected chi connectivity index (χ1v) is 26.6.